The number of hydrogen-bond acceptors (Lipinski definition) is 3. The van der Waals surface area contributed by atoms with Gasteiger partial charge in [0, 0.05) is 23.6 Å². The van der Waals surface area contributed by atoms with Crippen molar-refractivity contribution in [2.45, 2.75) is 24.2 Å². The first-order valence-electron chi connectivity index (χ1n) is 6.51. The molecule has 1 fully saturated rings. The molecule has 114 valence electrons. The number of nitrogens with one attached hydrogen (secondary N) is 1. The average Bonchev–Trinajstić information content (AvgIpc) is 3.22. The van der Waals surface area contributed by atoms with E-state index < -0.39 is 23.0 Å². The smallest absolute Gasteiger partial charge is 0.311 e. The van der Waals surface area contributed by atoms with E-state index in [0.717, 1.165) is 12.1 Å². The Morgan fingerprint density at radius 3 is 2.57 bits per heavy atom. The highest BCUT2D eigenvalue weighted by atomic mass is 32.2. The highest BCUT2D eigenvalue weighted by Gasteiger charge is 2.50. The van der Waals surface area contributed by atoms with E-state index in [0.29, 0.717) is 23.5 Å². The summed E-state index contributed by atoms with van der Waals surface area (Å²) in [7, 11) is 0. The van der Waals surface area contributed by atoms with E-state index in [1.807, 2.05) is 0 Å². The lowest BCUT2D eigenvalue weighted by Gasteiger charge is -2.10. The summed E-state index contributed by atoms with van der Waals surface area (Å²) >= 11 is 1.24. The zero-order valence-electron chi connectivity index (χ0n) is 11.2. The summed E-state index contributed by atoms with van der Waals surface area (Å²) in [4.78, 5) is 23.1. The fourth-order valence-electron chi connectivity index (χ4n) is 1.80. The molecule has 0 aromatic heterocycles. The van der Waals surface area contributed by atoms with Gasteiger partial charge in [0.15, 0.2) is 11.6 Å². The summed E-state index contributed by atoms with van der Waals surface area (Å²) in [5, 5.41) is 11.6. The Labute approximate surface area is 124 Å². The Kier molecular flexibility index (Phi) is 4.82. The predicted molar refractivity (Wildman–Crippen MR) is 74.0 cm³/mol. The van der Waals surface area contributed by atoms with Crippen LogP contribution in [0.2, 0.25) is 0 Å². The largest absolute Gasteiger partial charge is 0.481 e. The molecule has 0 heterocycles. The molecule has 1 aliphatic rings. The number of rotatable bonds is 7. The zero-order valence-corrected chi connectivity index (χ0v) is 12.0. The summed E-state index contributed by atoms with van der Waals surface area (Å²) in [6.45, 7) is 0.150. The second kappa shape index (κ2) is 6.43. The summed E-state index contributed by atoms with van der Waals surface area (Å²) in [5.74, 6) is -2.52. The molecule has 1 amide bonds. The third-order valence-corrected chi connectivity index (χ3v) is 4.42. The van der Waals surface area contributed by atoms with Crippen LogP contribution in [0, 0.1) is 17.0 Å². The number of carbonyl (C=O) groups is 2. The molecule has 0 aliphatic heterocycles. The van der Waals surface area contributed by atoms with Gasteiger partial charge in [-0.25, -0.2) is 8.78 Å². The van der Waals surface area contributed by atoms with E-state index in [9.17, 15) is 18.4 Å². The number of thioether (sulfide) groups is 1. The van der Waals surface area contributed by atoms with Gasteiger partial charge in [-0.3, -0.25) is 9.59 Å². The van der Waals surface area contributed by atoms with Crippen LogP contribution in [-0.4, -0.2) is 29.3 Å². The molecule has 21 heavy (non-hydrogen) atoms. The normalized spacial score (nSPS) is 15.5. The van der Waals surface area contributed by atoms with Crippen molar-refractivity contribution >= 4 is 23.6 Å². The van der Waals surface area contributed by atoms with E-state index >= 15 is 0 Å². The van der Waals surface area contributed by atoms with Gasteiger partial charge in [0.1, 0.15) is 0 Å². The number of hydrogen-bond donors (Lipinski definition) is 2. The Morgan fingerprint density at radius 2 is 2.00 bits per heavy atom. The van der Waals surface area contributed by atoms with Gasteiger partial charge in [-0.1, -0.05) is 0 Å². The first-order valence-corrected chi connectivity index (χ1v) is 7.49. The van der Waals surface area contributed by atoms with Crippen LogP contribution in [0.25, 0.3) is 0 Å². The summed E-state index contributed by atoms with van der Waals surface area (Å²) in [6, 6.07) is 3.58. The molecular weight excluding hydrogens is 300 g/mol. The molecule has 2 rings (SSSR count). The minimum absolute atomic E-state index is 0.150. The summed E-state index contributed by atoms with van der Waals surface area (Å²) in [6.07, 6.45) is 1.37. The standard InChI is InChI=1S/C14H15F2NO3S/c15-10-2-1-9(7-11(10)16)21-6-3-12(18)17-8-14(4-5-14)13(19)20/h1-2,7H,3-6,8H2,(H,17,18)(H,19,20). The molecule has 1 aromatic carbocycles. The van der Waals surface area contributed by atoms with Crippen LogP contribution in [-0.2, 0) is 9.59 Å². The maximum atomic E-state index is 13.0. The van der Waals surface area contributed by atoms with E-state index in [1.54, 1.807) is 0 Å². The minimum Gasteiger partial charge on any atom is -0.481 e. The SMILES string of the molecule is O=C(CCSc1ccc(F)c(F)c1)NCC1(C(=O)O)CC1. The van der Waals surface area contributed by atoms with Crippen LogP contribution in [0.15, 0.2) is 23.1 Å². The van der Waals surface area contributed by atoms with Crippen LogP contribution in [0.1, 0.15) is 19.3 Å². The van der Waals surface area contributed by atoms with Crippen molar-refractivity contribution in [3.05, 3.63) is 29.8 Å². The van der Waals surface area contributed by atoms with Crippen LogP contribution in [0.3, 0.4) is 0 Å². The number of carboxylic acids is 1. The maximum absolute atomic E-state index is 13.0. The molecule has 0 radical (unpaired) electrons. The van der Waals surface area contributed by atoms with Gasteiger partial charge in [0.05, 0.1) is 5.41 Å². The Hall–Kier alpha value is -1.63. The molecule has 2 N–H and O–H groups in total. The summed E-state index contributed by atoms with van der Waals surface area (Å²) < 4.78 is 25.7. The van der Waals surface area contributed by atoms with Crippen molar-refractivity contribution in [2.75, 3.05) is 12.3 Å². The molecular formula is C14H15F2NO3S. The van der Waals surface area contributed by atoms with Crippen LogP contribution < -0.4 is 5.32 Å². The molecule has 0 spiro atoms. The third-order valence-electron chi connectivity index (χ3n) is 3.42. The van der Waals surface area contributed by atoms with E-state index in [-0.39, 0.29) is 18.9 Å². The van der Waals surface area contributed by atoms with Crippen molar-refractivity contribution in [1.29, 1.82) is 0 Å². The lowest BCUT2D eigenvalue weighted by molar-refractivity contribution is -0.143. The van der Waals surface area contributed by atoms with Gasteiger partial charge in [0.25, 0.3) is 0 Å². The molecule has 0 bridgehead atoms. The van der Waals surface area contributed by atoms with Crippen molar-refractivity contribution in [1.82, 2.24) is 5.32 Å². The number of carbonyl (C=O) groups excluding carboxylic acids is 1. The van der Waals surface area contributed by atoms with Gasteiger partial charge in [-0.05, 0) is 31.0 Å². The van der Waals surface area contributed by atoms with E-state index in [4.69, 9.17) is 5.11 Å². The molecule has 0 unspecified atom stereocenters. The number of benzene rings is 1. The molecule has 1 aromatic rings. The van der Waals surface area contributed by atoms with Gasteiger partial charge >= 0.3 is 5.97 Å². The number of halogens is 2. The number of carboxylic acid groups (broad SMARTS) is 1. The second-order valence-corrected chi connectivity index (χ2v) is 6.20. The van der Waals surface area contributed by atoms with Crippen molar-refractivity contribution in [3.8, 4) is 0 Å². The highest BCUT2D eigenvalue weighted by Crippen LogP contribution is 2.45. The topological polar surface area (TPSA) is 66.4 Å². The highest BCUT2D eigenvalue weighted by molar-refractivity contribution is 7.99. The molecule has 0 atom stereocenters. The minimum atomic E-state index is -0.915. The third kappa shape index (κ3) is 4.17. The first kappa shape index (κ1) is 15.8. The monoisotopic (exact) mass is 315 g/mol. The number of aliphatic carboxylic acids is 1. The van der Waals surface area contributed by atoms with Gasteiger partial charge in [0.2, 0.25) is 5.91 Å². The summed E-state index contributed by atoms with van der Waals surface area (Å²) in [5.41, 5.74) is -0.775. The molecule has 7 heteroatoms. The molecule has 1 aliphatic carbocycles. The van der Waals surface area contributed by atoms with Crippen molar-refractivity contribution < 1.29 is 23.5 Å². The molecule has 1 saturated carbocycles. The Morgan fingerprint density at radius 1 is 1.29 bits per heavy atom. The van der Waals surface area contributed by atoms with E-state index in [2.05, 4.69) is 5.32 Å². The second-order valence-electron chi connectivity index (χ2n) is 5.04. The van der Waals surface area contributed by atoms with Gasteiger partial charge in [-0.2, -0.15) is 0 Å². The fraction of sp³-hybridized carbons (Fsp3) is 0.429. The Balaban J connectivity index is 1.69. The van der Waals surface area contributed by atoms with Gasteiger partial charge in [-0.15, -0.1) is 11.8 Å². The predicted octanol–water partition coefficient (Wildman–Crippen LogP) is 2.43. The fourth-order valence-corrected chi connectivity index (χ4v) is 2.68. The van der Waals surface area contributed by atoms with Gasteiger partial charge < -0.3 is 10.4 Å². The lowest BCUT2D eigenvalue weighted by atomic mass is 10.1. The molecule has 0 saturated heterocycles. The lowest BCUT2D eigenvalue weighted by Crippen LogP contribution is -2.34. The quantitative estimate of drug-likeness (QED) is 0.759. The van der Waals surface area contributed by atoms with Crippen LogP contribution in [0.5, 0.6) is 0 Å². The number of amides is 1. The average molecular weight is 315 g/mol. The maximum Gasteiger partial charge on any atom is 0.311 e. The molecule has 4 nitrogen and oxygen atoms in total. The first-order chi connectivity index (χ1) is 9.93. The van der Waals surface area contributed by atoms with Crippen molar-refractivity contribution in [2.24, 2.45) is 5.41 Å². The van der Waals surface area contributed by atoms with Crippen LogP contribution in [0.4, 0.5) is 8.78 Å². The van der Waals surface area contributed by atoms with Crippen LogP contribution >= 0.6 is 11.8 Å². The zero-order chi connectivity index (χ0) is 15.5. The van der Waals surface area contributed by atoms with Crippen molar-refractivity contribution in [3.63, 3.8) is 0 Å². The Bertz CT molecular complexity index is 561. The van der Waals surface area contributed by atoms with E-state index in [1.165, 1.54) is 17.8 Å².